The molecule has 0 fully saturated rings. The summed E-state index contributed by atoms with van der Waals surface area (Å²) in [6, 6.07) is 14.7. The van der Waals surface area contributed by atoms with Crippen LogP contribution in [0.2, 0.25) is 10.0 Å². The summed E-state index contributed by atoms with van der Waals surface area (Å²) in [7, 11) is 0. The van der Waals surface area contributed by atoms with E-state index in [1.54, 1.807) is 31.2 Å². The maximum atomic E-state index is 12.6. The number of furan rings is 1. The lowest BCUT2D eigenvalue weighted by Crippen LogP contribution is -2.12. The first kappa shape index (κ1) is 18.6. The molecule has 26 heavy (non-hydrogen) atoms. The van der Waals surface area contributed by atoms with Crippen molar-refractivity contribution in [3.8, 4) is 11.3 Å². The molecule has 0 aliphatic carbocycles. The Balaban J connectivity index is 1.83. The van der Waals surface area contributed by atoms with Gasteiger partial charge in [-0.05, 0) is 54.8 Å². The van der Waals surface area contributed by atoms with E-state index in [0.717, 1.165) is 11.3 Å². The van der Waals surface area contributed by atoms with Crippen molar-refractivity contribution in [2.75, 3.05) is 5.32 Å². The van der Waals surface area contributed by atoms with Crippen LogP contribution in [0.15, 0.2) is 52.9 Å². The van der Waals surface area contributed by atoms with Gasteiger partial charge >= 0.3 is 0 Å². The number of rotatable bonds is 4. The molecule has 3 aromatic rings. The Kier molecular flexibility index (Phi) is 5.40. The predicted molar refractivity (Wildman–Crippen MR) is 107 cm³/mol. The van der Waals surface area contributed by atoms with Crippen molar-refractivity contribution >= 4 is 34.8 Å². The fourth-order valence-corrected chi connectivity index (χ4v) is 3.22. The number of amides is 1. The van der Waals surface area contributed by atoms with Crippen molar-refractivity contribution in [2.45, 2.75) is 26.7 Å². The molecule has 0 saturated heterocycles. The number of hydrogen-bond acceptors (Lipinski definition) is 2. The molecule has 0 spiro atoms. The summed E-state index contributed by atoms with van der Waals surface area (Å²) in [5, 5.41) is 3.93. The van der Waals surface area contributed by atoms with Gasteiger partial charge in [0.05, 0.1) is 5.56 Å². The van der Waals surface area contributed by atoms with E-state index in [1.165, 1.54) is 5.56 Å². The molecule has 3 rings (SSSR count). The van der Waals surface area contributed by atoms with E-state index in [9.17, 15) is 4.79 Å². The van der Waals surface area contributed by atoms with E-state index in [-0.39, 0.29) is 5.91 Å². The molecule has 0 unspecified atom stereocenters. The van der Waals surface area contributed by atoms with Crippen molar-refractivity contribution in [1.82, 2.24) is 0 Å². The van der Waals surface area contributed by atoms with Gasteiger partial charge in [-0.15, -0.1) is 0 Å². The number of aryl methyl sites for hydroxylation is 1. The van der Waals surface area contributed by atoms with Crippen molar-refractivity contribution in [2.24, 2.45) is 0 Å². The highest BCUT2D eigenvalue weighted by Crippen LogP contribution is 2.30. The van der Waals surface area contributed by atoms with Gasteiger partial charge < -0.3 is 9.73 Å². The minimum Gasteiger partial charge on any atom is -0.461 e. The maximum Gasteiger partial charge on any atom is 0.259 e. The number of anilines is 1. The van der Waals surface area contributed by atoms with Gasteiger partial charge in [-0.3, -0.25) is 4.79 Å². The Bertz CT molecular complexity index is 923. The van der Waals surface area contributed by atoms with Gasteiger partial charge in [-0.25, -0.2) is 0 Å². The predicted octanol–water partition coefficient (Wildman–Crippen LogP) is 6.94. The number of halogens is 2. The van der Waals surface area contributed by atoms with Crippen LogP contribution >= 0.6 is 23.2 Å². The first-order chi connectivity index (χ1) is 12.3. The summed E-state index contributed by atoms with van der Waals surface area (Å²) in [5.41, 5.74) is 3.17. The van der Waals surface area contributed by atoms with Gasteiger partial charge in [0.1, 0.15) is 11.5 Å². The third-order valence-electron chi connectivity index (χ3n) is 4.14. The topological polar surface area (TPSA) is 42.2 Å². The Morgan fingerprint density at radius 2 is 1.62 bits per heavy atom. The molecule has 0 bridgehead atoms. The highest BCUT2D eigenvalue weighted by molar-refractivity contribution is 6.35. The van der Waals surface area contributed by atoms with Gasteiger partial charge in [-0.2, -0.15) is 0 Å². The molecule has 3 nitrogen and oxygen atoms in total. The molecular formula is C21H19Cl2NO2. The van der Waals surface area contributed by atoms with Crippen LogP contribution in [0.5, 0.6) is 0 Å². The molecule has 134 valence electrons. The van der Waals surface area contributed by atoms with Gasteiger partial charge in [0.25, 0.3) is 5.91 Å². The van der Waals surface area contributed by atoms with Crippen LogP contribution in [-0.4, -0.2) is 5.91 Å². The molecular weight excluding hydrogens is 369 g/mol. The van der Waals surface area contributed by atoms with Crippen molar-refractivity contribution < 1.29 is 9.21 Å². The van der Waals surface area contributed by atoms with E-state index in [2.05, 4.69) is 19.2 Å². The van der Waals surface area contributed by atoms with E-state index in [0.29, 0.717) is 33.0 Å². The molecule has 0 radical (unpaired) electrons. The van der Waals surface area contributed by atoms with Gasteiger partial charge in [0, 0.05) is 21.3 Å². The quantitative estimate of drug-likeness (QED) is 0.526. The molecule has 1 N–H and O–H groups in total. The van der Waals surface area contributed by atoms with Crippen LogP contribution < -0.4 is 5.32 Å². The third-order valence-corrected chi connectivity index (χ3v) is 4.58. The monoisotopic (exact) mass is 387 g/mol. The average Bonchev–Trinajstić information content (AvgIpc) is 2.96. The minimum atomic E-state index is -0.220. The molecule has 1 amide bonds. The Morgan fingerprint density at radius 1 is 1.00 bits per heavy atom. The summed E-state index contributed by atoms with van der Waals surface area (Å²) >= 11 is 12.1. The van der Waals surface area contributed by atoms with Crippen molar-refractivity contribution in [1.29, 1.82) is 0 Å². The second-order valence-electron chi connectivity index (χ2n) is 6.47. The highest BCUT2D eigenvalue weighted by Gasteiger charge is 2.17. The first-order valence-corrected chi connectivity index (χ1v) is 9.07. The van der Waals surface area contributed by atoms with Gasteiger partial charge in [0.15, 0.2) is 0 Å². The van der Waals surface area contributed by atoms with Crippen LogP contribution in [0.25, 0.3) is 11.3 Å². The second-order valence-corrected chi connectivity index (χ2v) is 7.34. The molecule has 0 aliphatic heterocycles. The zero-order valence-electron chi connectivity index (χ0n) is 14.8. The Morgan fingerprint density at radius 3 is 2.19 bits per heavy atom. The molecule has 1 aromatic heterocycles. The molecule has 0 saturated carbocycles. The summed E-state index contributed by atoms with van der Waals surface area (Å²) in [6.07, 6.45) is 0. The number of benzene rings is 2. The lowest BCUT2D eigenvalue weighted by Gasteiger charge is -2.08. The van der Waals surface area contributed by atoms with Crippen LogP contribution in [0.1, 0.15) is 41.4 Å². The van der Waals surface area contributed by atoms with E-state index < -0.39 is 0 Å². The van der Waals surface area contributed by atoms with Gasteiger partial charge in [-0.1, -0.05) is 49.2 Å². The first-order valence-electron chi connectivity index (χ1n) is 8.31. The average molecular weight is 388 g/mol. The lowest BCUT2D eigenvalue weighted by atomic mass is 10.0. The van der Waals surface area contributed by atoms with Crippen LogP contribution in [0, 0.1) is 6.92 Å². The summed E-state index contributed by atoms with van der Waals surface area (Å²) in [4.78, 5) is 12.6. The molecule has 0 atom stereocenters. The second kappa shape index (κ2) is 7.56. The normalized spacial score (nSPS) is 11.0. The van der Waals surface area contributed by atoms with Crippen molar-refractivity contribution in [3.05, 3.63) is 75.5 Å². The number of carbonyl (C=O) groups is 1. The largest absolute Gasteiger partial charge is 0.461 e. The van der Waals surface area contributed by atoms with Crippen LogP contribution in [0.3, 0.4) is 0 Å². The van der Waals surface area contributed by atoms with Crippen LogP contribution in [0.4, 0.5) is 5.69 Å². The number of hydrogen-bond donors (Lipinski definition) is 1. The third kappa shape index (κ3) is 4.12. The zero-order valence-corrected chi connectivity index (χ0v) is 16.3. The fraction of sp³-hybridized carbons (Fsp3) is 0.190. The SMILES string of the molecule is Cc1oc(-c2cc(Cl)cc(Cl)c2)cc1C(=O)Nc1ccc(C(C)C)cc1. The standard InChI is InChI=1S/C21H19Cl2NO2/c1-12(2)14-4-6-18(7-5-14)24-21(25)19-11-20(26-13(19)3)15-8-16(22)10-17(23)9-15/h4-12H,1-3H3,(H,24,25). The Labute approximate surface area is 162 Å². The summed E-state index contributed by atoms with van der Waals surface area (Å²) < 4.78 is 5.74. The zero-order chi connectivity index (χ0) is 18.8. The number of carbonyl (C=O) groups excluding carboxylic acids is 1. The Hall–Kier alpha value is -2.23. The molecule has 2 aromatic carbocycles. The highest BCUT2D eigenvalue weighted by atomic mass is 35.5. The molecule has 5 heteroatoms. The lowest BCUT2D eigenvalue weighted by molar-refractivity contribution is 0.102. The smallest absolute Gasteiger partial charge is 0.259 e. The molecule has 1 heterocycles. The maximum absolute atomic E-state index is 12.6. The number of nitrogens with one attached hydrogen (secondary N) is 1. The van der Waals surface area contributed by atoms with E-state index >= 15 is 0 Å². The van der Waals surface area contributed by atoms with Gasteiger partial charge in [0.2, 0.25) is 0 Å². The van der Waals surface area contributed by atoms with E-state index in [4.69, 9.17) is 27.6 Å². The fourth-order valence-electron chi connectivity index (χ4n) is 2.70. The van der Waals surface area contributed by atoms with Crippen LogP contribution in [-0.2, 0) is 0 Å². The minimum absolute atomic E-state index is 0.220. The van der Waals surface area contributed by atoms with E-state index in [1.807, 2.05) is 24.3 Å². The molecule has 0 aliphatic rings. The summed E-state index contributed by atoms with van der Waals surface area (Å²) in [6.45, 7) is 6.02. The van der Waals surface area contributed by atoms with Crippen molar-refractivity contribution in [3.63, 3.8) is 0 Å². The summed E-state index contributed by atoms with van der Waals surface area (Å²) in [5.74, 6) is 1.31.